The third-order valence-corrected chi connectivity index (χ3v) is 2.88. The highest BCUT2D eigenvalue weighted by Gasteiger charge is 2.11. The highest BCUT2D eigenvalue weighted by molar-refractivity contribution is 6.31. The normalized spacial score (nSPS) is 19.1. The maximum absolute atomic E-state index is 8.81. The molecule has 1 aliphatic carbocycles. The van der Waals surface area contributed by atoms with Crippen LogP contribution >= 0.6 is 11.6 Å². The lowest BCUT2D eigenvalue weighted by atomic mass is 10.0. The number of nitrogens with one attached hydrogen (secondary N) is 1. The van der Waals surface area contributed by atoms with Crippen LogP contribution in [0, 0.1) is 11.3 Å². The van der Waals surface area contributed by atoms with E-state index in [4.69, 9.17) is 16.9 Å². The summed E-state index contributed by atoms with van der Waals surface area (Å²) in [5.74, 6) is 0.723. The zero-order valence-electron chi connectivity index (χ0n) is 8.78. The number of pyridine rings is 1. The third-order valence-electron chi connectivity index (χ3n) is 2.57. The van der Waals surface area contributed by atoms with Crippen molar-refractivity contribution in [3.05, 3.63) is 35.0 Å². The van der Waals surface area contributed by atoms with Crippen molar-refractivity contribution in [2.45, 2.75) is 25.3 Å². The lowest BCUT2D eigenvalue weighted by Crippen LogP contribution is -2.21. The first-order chi connectivity index (χ1) is 7.79. The molecule has 82 valence electrons. The summed E-state index contributed by atoms with van der Waals surface area (Å²) < 4.78 is 0. The van der Waals surface area contributed by atoms with Gasteiger partial charge in [0.05, 0.1) is 5.02 Å². The topological polar surface area (TPSA) is 48.7 Å². The monoisotopic (exact) mass is 233 g/mol. The van der Waals surface area contributed by atoms with Gasteiger partial charge in [0.15, 0.2) is 5.69 Å². The second kappa shape index (κ2) is 5.00. The van der Waals surface area contributed by atoms with Gasteiger partial charge in [-0.15, -0.1) is 0 Å². The van der Waals surface area contributed by atoms with E-state index in [0.717, 1.165) is 25.1 Å². The molecule has 0 saturated carbocycles. The van der Waals surface area contributed by atoms with Gasteiger partial charge in [0.2, 0.25) is 0 Å². The molecule has 3 nitrogen and oxygen atoms in total. The van der Waals surface area contributed by atoms with Crippen LogP contribution in [0.4, 0.5) is 5.82 Å². The van der Waals surface area contributed by atoms with Gasteiger partial charge in [0, 0.05) is 6.04 Å². The van der Waals surface area contributed by atoms with Crippen LogP contribution in [0.5, 0.6) is 0 Å². The number of aromatic nitrogens is 1. The van der Waals surface area contributed by atoms with Crippen molar-refractivity contribution in [3.63, 3.8) is 0 Å². The minimum absolute atomic E-state index is 0.276. The van der Waals surface area contributed by atoms with E-state index in [9.17, 15) is 0 Å². The van der Waals surface area contributed by atoms with Crippen LogP contribution in [-0.2, 0) is 0 Å². The molecular weight excluding hydrogens is 222 g/mol. The van der Waals surface area contributed by atoms with E-state index >= 15 is 0 Å². The largest absolute Gasteiger partial charge is 0.367 e. The van der Waals surface area contributed by atoms with E-state index < -0.39 is 0 Å². The van der Waals surface area contributed by atoms with Crippen LogP contribution in [0.1, 0.15) is 25.0 Å². The van der Waals surface area contributed by atoms with E-state index in [0.29, 0.717) is 11.1 Å². The zero-order chi connectivity index (χ0) is 11.4. The fraction of sp³-hybridized carbons (Fsp3) is 0.333. The molecule has 1 aliphatic rings. The van der Waals surface area contributed by atoms with Crippen LogP contribution in [0.15, 0.2) is 24.3 Å². The van der Waals surface area contributed by atoms with Gasteiger partial charge >= 0.3 is 0 Å². The number of nitrogens with zero attached hydrogens (tertiary/aromatic N) is 2. The summed E-state index contributed by atoms with van der Waals surface area (Å²) >= 11 is 5.82. The molecule has 1 atom stereocenters. The van der Waals surface area contributed by atoms with Gasteiger partial charge in [0.25, 0.3) is 0 Å². The first-order valence-electron chi connectivity index (χ1n) is 5.28. The van der Waals surface area contributed by atoms with Gasteiger partial charge < -0.3 is 5.32 Å². The lowest BCUT2D eigenvalue weighted by Gasteiger charge is -2.19. The van der Waals surface area contributed by atoms with Crippen molar-refractivity contribution < 1.29 is 0 Å². The van der Waals surface area contributed by atoms with E-state index in [2.05, 4.69) is 22.5 Å². The summed E-state index contributed by atoms with van der Waals surface area (Å²) in [5.41, 5.74) is 0.276. The Morgan fingerprint density at radius 3 is 3.00 bits per heavy atom. The van der Waals surface area contributed by atoms with E-state index in [1.54, 1.807) is 6.07 Å². The maximum Gasteiger partial charge on any atom is 0.161 e. The number of hydrogen-bond acceptors (Lipinski definition) is 3. The molecule has 2 rings (SSSR count). The van der Waals surface area contributed by atoms with E-state index in [-0.39, 0.29) is 5.69 Å². The van der Waals surface area contributed by atoms with Crippen molar-refractivity contribution in [1.82, 2.24) is 4.98 Å². The van der Waals surface area contributed by atoms with Crippen molar-refractivity contribution in [2.75, 3.05) is 5.32 Å². The number of allylic oxidation sites excluding steroid dienone is 1. The quantitative estimate of drug-likeness (QED) is 0.799. The van der Waals surface area contributed by atoms with Gasteiger partial charge in [0.1, 0.15) is 11.9 Å². The van der Waals surface area contributed by atoms with E-state index in [1.165, 1.54) is 0 Å². The number of anilines is 1. The smallest absolute Gasteiger partial charge is 0.161 e. The Bertz CT molecular complexity index is 448. The predicted octanol–water partition coefficient (Wildman–Crippen LogP) is 3.13. The molecule has 1 aromatic rings. The number of halogens is 1. The zero-order valence-corrected chi connectivity index (χ0v) is 9.54. The summed E-state index contributed by atoms with van der Waals surface area (Å²) in [5, 5.41) is 12.5. The van der Waals surface area contributed by atoms with Gasteiger partial charge in [-0.2, -0.15) is 5.26 Å². The molecule has 0 saturated heterocycles. The molecule has 1 unspecified atom stereocenters. The Labute approximate surface area is 99.8 Å². The molecule has 16 heavy (non-hydrogen) atoms. The van der Waals surface area contributed by atoms with Crippen LogP contribution in [0.2, 0.25) is 5.02 Å². The van der Waals surface area contributed by atoms with Crippen LogP contribution < -0.4 is 5.32 Å². The van der Waals surface area contributed by atoms with Crippen molar-refractivity contribution >= 4 is 17.4 Å². The minimum Gasteiger partial charge on any atom is -0.367 e. The molecule has 1 aromatic heterocycles. The Morgan fingerprint density at radius 1 is 1.44 bits per heavy atom. The number of hydrogen-bond donors (Lipinski definition) is 1. The fourth-order valence-corrected chi connectivity index (χ4v) is 1.88. The van der Waals surface area contributed by atoms with Crippen LogP contribution in [-0.4, -0.2) is 11.0 Å². The van der Waals surface area contributed by atoms with Gasteiger partial charge in [-0.05, 0) is 31.4 Å². The Morgan fingerprint density at radius 2 is 2.31 bits per heavy atom. The molecule has 0 aliphatic heterocycles. The van der Waals surface area contributed by atoms with Crippen LogP contribution in [0.3, 0.4) is 0 Å². The summed E-state index contributed by atoms with van der Waals surface area (Å²) in [6.45, 7) is 0. The van der Waals surface area contributed by atoms with Gasteiger partial charge in [-0.25, -0.2) is 4.98 Å². The first kappa shape index (κ1) is 11.0. The standard InChI is InChI=1S/C12H12ClN3/c13-10-6-7-12(16-11(10)8-14)15-9-4-2-1-3-5-9/h1-2,6-7,9H,3-5H2,(H,15,16). The molecule has 0 radical (unpaired) electrons. The van der Waals surface area contributed by atoms with Gasteiger partial charge in [-0.1, -0.05) is 23.8 Å². The maximum atomic E-state index is 8.81. The highest BCUT2D eigenvalue weighted by Crippen LogP contribution is 2.19. The Hall–Kier alpha value is -1.53. The van der Waals surface area contributed by atoms with Crippen molar-refractivity contribution in [1.29, 1.82) is 5.26 Å². The molecule has 1 heterocycles. The molecule has 1 N–H and O–H groups in total. The number of rotatable bonds is 2. The minimum atomic E-state index is 0.276. The predicted molar refractivity (Wildman–Crippen MR) is 64.4 cm³/mol. The van der Waals surface area contributed by atoms with E-state index in [1.807, 2.05) is 12.1 Å². The first-order valence-corrected chi connectivity index (χ1v) is 5.65. The summed E-state index contributed by atoms with van der Waals surface area (Å²) in [4.78, 5) is 4.16. The molecule has 0 spiro atoms. The third kappa shape index (κ3) is 2.53. The second-order valence-corrected chi connectivity index (χ2v) is 4.17. The van der Waals surface area contributed by atoms with Gasteiger partial charge in [-0.3, -0.25) is 0 Å². The molecule has 4 heteroatoms. The molecule has 0 bridgehead atoms. The molecule has 0 fully saturated rings. The van der Waals surface area contributed by atoms with Crippen molar-refractivity contribution in [2.24, 2.45) is 0 Å². The highest BCUT2D eigenvalue weighted by atomic mass is 35.5. The van der Waals surface area contributed by atoms with Crippen LogP contribution in [0.25, 0.3) is 0 Å². The second-order valence-electron chi connectivity index (χ2n) is 3.76. The fourth-order valence-electron chi connectivity index (χ4n) is 1.73. The lowest BCUT2D eigenvalue weighted by molar-refractivity contribution is 0.642. The van der Waals surface area contributed by atoms with Crippen molar-refractivity contribution in [3.8, 4) is 6.07 Å². The number of nitriles is 1. The SMILES string of the molecule is N#Cc1nc(NC2CC=CCC2)ccc1Cl. The average molecular weight is 234 g/mol. The average Bonchev–Trinajstić information content (AvgIpc) is 2.33. The Balaban J connectivity index is 2.10. The summed E-state index contributed by atoms with van der Waals surface area (Å²) in [6.07, 6.45) is 7.56. The molecule has 0 aromatic carbocycles. The Kier molecular flexibility index (Phi) is 3.43. The molecule has 0 amide bonds. The molecular formula is C12H12ClN3. The summed E-state index contributed by atoms with van der Waals surface area (Å²) in [7, 11) is 0. The summed E-state index contributed by atoms with van der Waals surface area (Å²) in [6, 6.07) is 5.89.